The Morgan fingerprint density at radius 2 is 1.68 bits per heavy atom. The van der Waals surface area contributed by atoms with Gasteiger partial charge in [-0.2, -0.15) is 0 Å². The maximum absolute atomic E-state index is 13.6. The van der Waals surface area contributed by atoms with Crippen LogP contribution in [0.4, 0.5) is 0 Å². The number of aromatic nitrogens is 2. The largest absolute Gasteiger partial charge is 0.494 e. The number of carbonyl (C=O) groups excluding carboxylic acids is 2. The zero-order chi connectivity index (χ0) is 27.1. The minimum atomic E-state index is -0.216. The van der Waals surface area contributed by atoms with Gasteiger partial charge in [0, 0.05) is 17.7 Å². The van der Waals surface area contributed by atoms with Gasteiger partial charge in [-0.3, -0.25) is 19.0 Å². The molecule has 1 heterocycles. The summed E-state index contributed by atoms with van der Waals surface area (Å²) in [5.74, 6) is 0.524. The van der Waals surface area contributed by atoms with Gasteiger partial charge in [0.15, 0.2) is 10.9 Å². The number of thioether (sulfide) groups is 1. The number of carbonyl (C=O) groups is 2. The first kappa shape index (κ1) is 27.1. The molecule has 0 fully saturated rings. The molecule has 0 saturated carbocycles. The lowest BCUT2D eigenvalue weighted by Crippen LogP contribution is -2.26. The molecule has 0 saturated heterocycles. The second-order valence-corrected chi connectivity index (χ2v) is 9.87. The average Bonchev–Trinajstić information content (AvgIpc) is 2.93. The van der Waals surface area contributed by atoms with E-state index >= 15 is 0 Å². The van der Waals surface area contributed by atoms with Crippen molar-refractivity contribution in [2.75, 3.05) is 18.9 Å². The molecule has 0 aliphatic carbocycles. The Balaban J connectivity index is 1.67. The van der Waals surface area contributed by atoms with Gasteiger partial charge in [-0.1, -0.05) is 48.5 Å². The Morgan fingerprint density at radius 3 is 2.37 bits per heavy atom. The van der Waals surface area contributed by atoms with Crippen LogP contribution < -0.4 is 15.6 Å². The van der Waals surface area contributed by atoms with Crippen molar-refractivity contribution in [3.05, 3.63) is 99.3 Å². The maximum atomic E-state index is 13.6. The van der Waals surface area contributed by atoms with Crippen molar-refractivity contribution in [1.29, 1.82) is 0 Å². The lowest BCUT2D eigenvalue weighted by atomic mass is 10.1. The first-order valence-corrected chi connectivity index (χ1v) is 13.6. The minimum Gasteiger partial charge on any atom is -0.494 e. The van der Waals surface area contributed by atoms with Crippen molar-refractivity contribution >= 4 is 34.4 Å². The van der Waals surface area contributed by atoms with Gasteiger partial charge in [0.1, 0.15) is 5.75 Å². The molecule has 0 aliphatic rings. The first-order chi connectivity index (χ1) is 18.4. The number of hydrogen-bond donors (Lipinski definition) is 1. The molecule has 3 aromatic carbocycles. The monoisotopic (exact) mass is 529 g/mol. The van der Waals surface area contributed by atoms with E-state index in [0.717, 1.165) is 17.5 Å². The van der Waals surface area contributed by atoms with Crippen LogP contribution in [0.1, 0.15) is 52.1 Å². The molecule has 0 unspecified atom stereocenters. The molecule has 0 spiro atoms. The van der Waals surface area contributed by atoms with Crippen molar-refractivity contribution in [3.8, 4) is 5.75 Å². The third-order valence-electron chi connectivity index (χ3n) is 6.00. The van der Waals surface area contributed by atoms with Gasteiger partial charge in [0.2, 0.25) is 0 Å². The van der Waals surface area contributed by atoms with Gasteiger partial charge in [-0.15, -0.1) is 0 Å². The van der Waals surface area contributed by atoms with Crippen molar-refractivity contribution < 1.29 is 14.3 Å². The molecule has 1 N–H and O–H groups in total. The normalized spacial score (nSPS) is 10.9. The van der Waals surface area contributed by atoms with E-state index in [-0.39, 0.29) is 23.0 Å². The number of nitrogens with zero attached hydrogens (tertiary/aromatic N) is 2. The Bertz CT molecular complexity index is 1500. The summed E-state index contributed by atoms with van der Waals surface area (Å²) < 4.78 is 7.06. The SMILES string of the molecule is CCCNC(=O)c1ccc2c(=O)n(Cc3ccc(C)cc3)c(SCC(=O)c3ccc(OCC)cc3)nc2c1. The van der Waals surface area contributed by atoms with Crippen LogP contribution in [-0.2, 0) is 6.54 Å². The predicted octanol–water partition coefficient (Wildman–Crippen LogP) is 5.27. The van der Waals surface area contributed by atoms with Crippen molar-refractivity contribution in [2.24, 2.45) is 0 Å². The van der Waals surface area contributed by atoms with Crippen LogP contribution in [0, 0.1) is 6.92 Å². The second kappa shape index (κ2) is 12.6. The van der Waals surface area contributed by atoms with E-state index in [4.69, 9.17) is 9.72 Å². The van der Waals surface area contributed by atoms with Gasteiger partial charge in [-0.25, -0.2) is 4.98 Å². The number of ether oxygens (including phenoxy) is 1. The summed E-state index contributed by atoms with van der Waals surface area (Å²) >= 11 is 1.21. The number of Topliss-reactive ketones (excluding diaryl/α,β-unsaturated/α-hetero) is 1. The van der Waals surface area contributed by atoms with Crippen LogP contribution >= 0.6 is 11.8 Å². The molecule has 7 nitrogen and oxygen atoms in total. The Labute approximate surface area is 226 Å². The average molecular weight is 530 g/mol. The predicted molar refractivity (Wildman–Crippen MR) is 152 cm³/mol. The zero-order valence-electron chi connectivity index (χ0n) is 21.8. The van der Waals surface area contributed by atoms with E-state index in [2.05, 4.69) is 5.32 Å². The molecule has 196 valence electrons. The number of fused-ring (bicyclic) bond motifs is 1. The Hall–Kier alpha value is -3.91. The number of benzene rings is 3. The Kier molecular flexibility index (Phi) is 8.97. The van der Waals surface area contributed by atoms with Gasteiger partial charge < -0.3 is 10.1 Å². The summed E-state index contributed by atoms with van der Waals surface area (Å²) in [5, 5.41) is 3.70. The molecule has 1 aromatic heterocycles. The quantitative estimate of drug-likeness (QED) is 0.162. The van der Waals surface area contributed by atoms with Crippen LogP contribution in [0.25, 0.3) is 10.9 Å². The zero-order valence-corrected chi connectivity index (χ0v) is 22.6. The van der Waals surface area contributed by atoms with Gasteiger partial charge in [0.05, 0.1) is 29.8 Å². The molecule has 8 heteroatoms. The number of ketones is 1. The van der Waals surface area contributed by atoms with Crippen LogP contribution in [0.3, 0.4) is 0 Å². The highest BCUT2D eigenvalue weighted by atomic mass is 32.2. The van der Waals surface area contributed by atoms with Gasteiger partial charge in [0.25, 0.3) is 11.5 Å². The van der Waals surface area contributed by atoms with Crippen molar-refractivity contribution in [2.45, 2.75) is 38.9 Å². The van der Waals surface area contributed by atoms with Crippen molar-refractivity contribution in [1.82, 2.24) is 14.9 Å². The fourth-order valence-corrected chi connectivity index (χ4v) is 4.82. The lowest BCUT2D eigenvalue weighted by molar-refractivity contribution is 0.0952. The van der Waals surface area contributed by atoms with E-state index in [1.54, 1.807) is 47.0 Å². The van der Waals surface area contributed by atoms with Crippen LogP contribution in [0.15, 0.2) is 76.7 Å². The van der Waals surface area contributed by atoms with E-state index in [0.29, 0.717) is 52.6 Å². The van der Waals surface area contributed by atoms with Crippen LogP contribution in [0.5, 0.6) is 5.75 Å². The smallest absolute Gasteiger partial charge is 0.262 e. The fourth-order valence-electron chi connectivity index (χ4n) is 3.93. The highest BCUT2D eigenvalue weighted by Gasteiger charge is 2.16. The number of aryl methyl sites for hydroxylation is 1. The Morgan fingerprint density at radius 1 is 0.974 bits per heavy atom. The molecule has 0 bridgehead atoms. The number of nitrogens with one attached hydrogen (secondary N) is 1. The molecule has 4 rings (SSSR count). The molecule has 1 amide bonds. The number of amides is 1. The van der Waals surface area contributed by atoms with E-state index in [1.807, 2.05) is 45.0 Å². The molecule has 0 atom stereocenters. The number of hydrogen-bond acceptors (Lipinski definition) is 6. The summed E-state index contributed by atoms with van der Waals surface area (Å²) in [4.78, 5) is 43.8. The minimum absolute atomic E-state index is 0.0815. The fraction of sp³-hybridized carbons (Fsp3) is 0.267. The van der Waals surface area contributed by atoms with Gasteiger partial charge >= 0.3 is 0 Å². The van der Waals surface area contributed by atoms with E-state index in [1.165, 1.54) is 11.8 Å². The summed E-state index contributed by atoms with van der Waals surface area (Å²) in [7, 11) is 0. The third-order valence-corrected chi connectivity index (χ3v) is 6.98. The van der Waals surface area contributed by atoms with Crippen LogP contribution in [-0.4, -0.2) is 40.1 Å². The molecular weight excluding hydrogens is 498 g/mol. The summed E-state index contributed by atoms with van der Waals surface area (Å²) in [6, 6.07) is 19.9. The number of rotatable bonds is 11. The summed E-state index contributed by atoms with van der Waals surface area (Å²) in [5.41, 5.74) is 3.29. The lowest BCUT2D eigenvalue weighted by Gasteiger charge is -2.14. The van der Waals surface area contributed by atoms with E-state index < -0.39 is 0 Å². The molecule has 0 radical (unpaired) electrons. The molecular formula is C30H31N3O4S. The third kappa shape index (κ3) is 6.50. The highest BCUT2D eigenvalue weighted by molar-refractivity contribution is 7.99. The van der Waals surface area contributed by atoms with E-state index in [9.17, 15) is 14.4 Å². The standard InChI is InChI=1S/C30H31N3O4S/c1-4-16-31-28(35)23-12-15-25-26(17-23)32-30(33(29(25)36)18-21-8-6-20(3)7-9-21)38-19-27(34)22-10-13-24(14-11-22)37-5-2/h6-15,17H,4-5,16,18-19H2,1-3H3,(H,31,35). The highest BCUT2D eigenvalue weighted by Crippen LogP contribution is 2.22. The second-order valence-electron chi connectivity index (χ2n) is 8.93. The topological polar surface area (TPSA) is 90.3 Å². The maximum Gasteiger partial charge on any atom is 0.262 e. The molecule has 0 aliphatic heterocycles. The molecule has 38 heavy (non-hydrogen) atoms. The summed E-state index contributed by atoms with van der Waals surface area (Å²) in [6.45, 7) is 7.34. The van der Waals surface area contributed by atoms with Crippen molar-refractivity contribution in [3.63, 3.8) is 0 Å². The molecule has 4 aromatic rings. The van der Waals surface area contributed by atoms with Crippen LogP contribution in [0.2, 0.25) is 0 Å². The first-order valence-electron chi connectivity index (χ1n) is 12.7. The summed E-state index contributed by atoms with van der Waals surface area (Å²) in [6.07, 6.45) is 0.824. The van der Waals surface area contributed by atoms with Gasteiger partial charge in [-0.05, 0) is 68.3 Å².